The van der Waals surface area contributed by atoms with Gasteiger partial charge in [0.2, 0.25) is 0 Å². The average molecular weight is 479 g/mol. The minimum atomic E-state index is -4.84. The molecule has 1 aliphatic heterocycles. The number of carbonyl (C=O) groups excluding carboxylic acids is 2. The number of morpholine rings is 1. The second-order valence-electron chi connectivity index (χ2n) is 7.23. The first-order valence-electron chi connectivity index (χ1n) is 9.93. The average Bonchev–Trinajstić information content (AvgIpc) is 3.26. The highest BCUT2D eigenvalue weighted by molar-refractivity contribution is 6.30. The van der Waals surface area contributed by atoms with Crippen LogP contribution < -0.4 is 5.32 Å². The molecular formula is C22H18ClF3N4O3. The summed E-state index contributed by atoms with van der Waals surface area (Å²) in [6, 6.07) is 11.5. The first kappa shape index (κ1) is 22.8. The Morgan fingerprint density at radius 2 is 1.64 bits per heavy atom. The van der Waals surface area contributed by atoms with E-state index >= 15 is 0 Å². The lowest BCUT2D eigenvalue weighted by Gasteiger charge is -2.26. The highest BCUT2D eigenvalue weighted by Crippen LogP contribution is 2.34. The lowest BCUT2D eigenvalue weighted by Crippen LogP contribution is -2.40. The number of carbonyl (C=O) groups is 2. The van der Waals surface area contributed by atoms with Gasteiger partial charge < -0.3 is 15.0 Å². The molecule has 0 spiro atoms. The molecule has 0 bridgehead atoms. The molecule has 4 rings (SSSR count). The Labute approximate surface area is 191 Å². The predicted molar refractivity (Wildman–Crippen MR) is 115 cm³/mol. The number of nitrogens with one attached hydrogen (secondary N) is 1. The van der Waals surface area contributed by atoms with Gasteiger partial charge in [0, 0.05) is 29.4 Å². The van der Waals surface area contributed by atoms with Gasteiger partial charge in [-0.1, -0.05) is 11.6 Å². The molecule has 0 aliphatic carbocycles. The summed E-state index contributed by atoms with van der Waals surface area (Å²) in [7, 11) is 0. The number of hydrogen-bond donors (Lipinski definition) is 1. The third-order valence-corrected chi connectivity index (χ3v) is 5.29. The first-order valence-corrected chi connectivity index (χ1v) is 10.3. The van der Waals surface area contributed by atoms with E-state index in [2.05, 4.69) is 10.4 Å². The van der Waals surface area contributed by atoms with E-state index in [1.54, 1.807) is 4.90 Å². The van der Waals surface area contributed by atoms with Crippen molar-refractivity contribution in [2.75, 3.05) is 31.6 Å². The zero-order valence-electron chi connectivity index (χ0n) is 17.1. The van der Waals surface area contributed by atoms with Crippen molar-refractivity contribution in [2.45, 2.75) is 6.18 Å². The summed E-state index contributed by atoms with van der Waals surface area (Å²) >= 11 is 5.80. The van der Waals surface area contributed by atoms with E-state index in [-0.39, 0.29) is 17.3 Å². The molecule has 0 atom stereocenters. The van der Waals surface area contributed by atoms with E-state index in [0.29, 0.717) is 41.6 Å². The number of aromatic nitrogens is 2. The van der Waals surface area contributed by atoms with Crippen LogP contribution in [-0.2, 0) is 10.9 Å². The van der Waals surface area contributed by atoms with Gasteiger partial charge in [-0.05, 0) is 48.5 Å². The third-order valence-electron chi connectivity index (χ3n) is 5.04. The van der Waals surface area contributed by atoms with Crippen LogP contribution in [0.2, 0.25) is 5.02 Å². The summed E-state index contributed by atoms with van der Waals surface area (Å²) in [5, 5.41) is 6.55. The van der Waals surface area contributed by atoms with Gasteiger partial charge in [-0.25, -0.2) is 4.68 Å². The van der Waals surface area contributed by atoms with Crippen molar-refractivity contribution in [3.8, 4) is 5.69 Å². The van der Waals surface area contributed by atoms with Crippen LogP contribution >= 0.6 is 11.6 Å². The van der Waals surface area contributed by atoms with Gasteiger partial charge in [0.1, 0.15) is 0 Å². The smallest absolute Gasteiger partial charge is 0.378 e. The van der Waals surface area contributed by atoms with Gasteiger partial charge >= 0.3 is 6.18 Å². The molecule has 1 aliphatic rings. The van der Waals surface area contributed by atoms with Crippen LogP contribution in [0, 0.1) is 0 Å². The summed E-state index contributed by atoms with van der Waals surface area (Å²) in [4.78, 5) is 26.8. The first-order chi connectivity index (χ1) is 15.7. The second-order valence-corrected chi connectivity index (χ2v) is 7.67. The van der Waals surface area contributed by atoms with Crippen LogP contribution in [-0.4, -0.2) is 52.8 Å². The van der Waals surface area contributed by atoms with E-state index in [9.17, 15) is 22.8 Å². The van der Waals surface area contributed by atoms with E-state index in [1.165, 1.54) is 48.5 Å². The van der Waals surface area contributed by atoms with E-state index in [1.807, 2.05) is 0 Å². The molecule has 0 radical (unpaired) electrons. The van der Waals surface area contributed by atoms with Crippen LogP contribution in [0.3, 0.4) is 0 Å². The largest absolute Gasteiger partial charge is 0.434 e. The van der Waals surface area contributed by atoms with Gasteiger partial charge in [0.05, 0.1) is 30.7 Å². The van der Waals surface area contributed by atoms with Crippen molar-refractivity contribution in [2.24, 2.45) is 0 Å². The monoisotopic (exact) mass is 478 g/mol. The Hall–Kier alpha value is -3.37. The Bertz CT molecular complexity index is 1160. The molecule has 11 heteroatoms. The lowest BCUT2D eigenvalue weighted by molar-refractivity contribution is -0.143. The number of halogens is 4. The van der Waals surface area contributed by atoms with E-state index in [4.69, 9.17) is 16.3 Å². The molecular weight excluding hydrogens is 461 g/mol. The second kappa shape index (κ2) is 9.24. The molecule has 172 valence electrons. The minimum Gasteiger partial charge on any atom is -0.378 e. The molecule has 2 heterocycles. The normalized spacial score (nSPS) is 14.2. The summed E-state index contributed by atoms with van der Waals surface area (Å²) in [5.41, 5.74) is -1.09. The topological polar surface area (TPSA) is 76.5 Å². The summed E-state index contributed by atoms with van der Waals surface area (Å²) in [6.45, 7) is 1.89. The van der Waals surface area contributed by atoms with Crippen molar-refractivity contribution < 1.29 is 27.5 Å². The molecule has 3 aromatic rings. The predicted octanol–water partition coefficient (Wildman–Crippen LogP) is 4.27. The molecule has 1 aromatic heterocycles. The van der Waals surface area contributed by atoms with Gasteiger partial charge in [-0.2, -0.15) is 18.3 Å². The SMILES string of the molecule is O=C(Nc1ccc(C(=O)N2CCOCC2)cc1)c1cnn(-c2ccc(Cl)cc2)c1C(F)(F)F. The van der Waals surface area contributed by atoms with Crippen LogP contribution in [0.15, 0.2) is 54.7 Å². The third kappa shape index (κ3) is 5.01. The number of rotatable bonds is 4. The number of alkyl halides is 3. The molecule has 7 nitrogen and oxygen atoms in total. The fraction of sp³-hybridized carbons (Fsp3) is 0.227. The fourth-order valence-corrected chi connectivity index (χ4v) is 3.54. The highest BCUT2D eigenvalue weighted by Gasteiger charge is 2.40. The van der Waals surface area contributed by atoms with Crippen molar-refractivity contribution in [3.05, 3.63) is 76.6 Å². The lowest BCUT2D eigenvalue weighted by atomic mass is 10.1. The molecule has 0 unspecified atom stereocenters. The molecule has 33 heavy (non-hydrogen) atoms. The number of amides is 2. The fourth-order valence-electron chi connectivity index (χ4n) is 3.41. The Kier molecular flexibility index (Phi) is 6.39. The summed E-state index contributed by atoms with van der Waals surface area (Å²) in [6.07, 6.45) is -3.97. The highest BCUT2D eigenvalue weighted by atomic mass is 35.5. The molecule has 1 N–H and O–H groups in total. The van der Waals surface area contributed by atoms with Gasteiger partial charge in [0.25, 0.3) is 11.8 Å². The molecule has 1 saturated heterocycles. The van der Waals surface area contributed by atoms with Crippen molar-refractivity contribution in [1.29, 1.82) is 0 Å². The summed E-state index contributed by atoms with van der Waals surface area (Å²) < 4.78 is 47.3. The maximum absolute atomic E-state index is 13.8. The van der Waals surface area contributed by atoms with Gasteiger partial charge in [-0.15, -0.1) is 0 Å². The minimum absolute atomic E-state index is 0.108. The number of hydrogen-bond acceptors (Lipinski definition) is 4. The quantitative estimate of drug-likeness (QED) is 0.607. The van der Waals surface area contributed by atoms with Crippen LogP contribution in [0.25, 0.3) is 5.69 Å². The molecule has 2 aromatic carbocycles. The maximum atomic E-state index is 13.8. The molecule has 0 saturated carbocycles. The molecule has 1 fully saturated rings. The zero-order valence-corrected chi connectivity index (χ0v) is 17.9. The van der Waals surface area contributed by atoms with Crippen LogP contribution in [0.5, 0.6) is 0 Å². The molecule has 2 amide bonds. The van der Waals surface area contributed by atoms with Crippen molar-refractivity contribution >= 4 is 29.1 Å². The van der Waals surface area contributed by atoms with Crippen LogP contribution in [0.4, 0.5) is 18.9 Å². The van der Waals surface area contributed by atoms with Crippen molar-refractivity contribution in [1.82, 2.24) is 14.7 Å². The zero-order chi connectivity index (χ0) is 23.6. The maximum Gasteiger partial charge on any atom is 0.434 e. The van der Waals surface area contributed by atoms with Gasteiger partial charge in [-0.3, -0.25) is 9.59 Å². The summed E-state index contributed by atoms with van der Waals surface area (Å²) in [5.74, 6) is -1.16. The number of benzene rings is 2. The number of nitrogens with zero attached hydrogens (tertiary/aromatic N) is 3. The Morgan fingerprint density at radius 1 is 1.00 bits per heavy atom. The van der Waals surface area contributed by atoms with E-state index in [0.717, 1.165) is 6.20 Å². The van der Waals surface area contributed by atoms with Gasteiger partial charge in [0.15, 0.2) is 5.69 Å². The standard InChI is InChI=1S/C22H18ClF3N4O3/c23-15-3-7-17(8-4-15)30-19(22(24,25)26)18(13-27-30)20(31)28-16-5-1-14(2-6-16)21(32)29-9-11-33-12-10-29/h1-8,13H,9-12H2,(H,28,31). The van der Waals surface area contributed by atoms with E-state index < -0.39 is 23.3 Å². The number of anilines is 1. The Balaban J connectivity index is 1.55. The van der Waals surface area contributed by atoms with Crippen molar-refractivity contribution in [3.63, 3.8) is 0 Å². The number of ether oxygens (including phenoxy) is 1. The van der Waals surface area contributed by atoms with Crippen LogP contribution in [0.1, 0.15) is 26.4 Å². The Morgan fingerprint density at radius 3 is 2.24 bits per heavy atom.